The van der Waals surface area contributed by atoms with Crippen LogP contribution in [0, 0.1) is 0 Å². The number of thioether (sulfide) groups is 1. The van der Waals surface area contributed by atoms with Crippen molar-refractivity contribution in [3.63, 3.8) is 0 Å². The maximum atomic E-state index is 11.4. The summed E-state index contributed by atoms with van der Waals surface area (Å²) in [5, 5.41) is 0.141. The van der Waals surface area contributed by atoms with Crippen LogP contribution in [0.25, 0.3) is 0 Å². The zero-order chi connectivity index (χ0) is 10.1. The minimum absolute atomic E-state index is 0.141. The Morgan fingerprint density at radius 1 is 1.54 bits per heavy atom. The van der Waals surface area contributed by atoms with Gasteiger partial charge in [0.2, 0.25) is 5.12 Å². The summed E-state index contributed by atoms with van der Waals surface area (Å²) in [5.74, 6) is 0.887. The van der Waals surface area contributed by atoms with E-state index < -0.39 is 0 Å². The van der Waals surface area contributed by atoms with Gasteiger partial charge in [-0.25, -0.2) is 0 Å². The summed E-state index contributed by atoms with van der Waals surface area (Å²) in [6.45, 7) is 7.49. The lowest BCUT2D eigenvalue weighted by Gasteiger charge is -1.98. The number of hydrogen-bond acceptors (Lipinski definition) is 2. The molecule has 1 nitrogen and oxygen atoms in total. The molecular formula is C11H16OS. The van der Waals surface area contributed by atoms with Crippen LogP contribution in [0.3, 0.4) is 0 Å². The van der Waals surface area contributed by atoms with Crippen molar-refractivity contribution in [3.05, 3.63) is 36.5 Å². The minimum atomic E-state index is 0.141. The van der Waals surface area contributed by atoms with Crippen LogP contribution in [0.5, 0.6) is 0 Å². The summed E-state index contributed by atoms with van der Waals surface area (Å²) < 4.78 is 0. The Kier molecular flexibility index (Phi) is 7.41. The van der Waals surface area contributed by atoms with E-state index in [9.17, 15) is 4.79 Å². The van der Waals surface area contributed by atoms with Gasteiger partial charge in [-0.3, -0.25) is 4.79 Å². The SMILES string of the molecule is C=C/C=C\C(=C/C)C(=O)SCCC. The number of carbonyl (C=O) groups is 1. The van der Waals surface area contributed by atoms with E-state index in [0.29, 0.717) is 0 Å². The molecule has 0 radical (unpaired) electrons. The molecule has 0 saturated heterocycles. The van der Waals surface area contributed by atoms with Crippen LogP contribution >= 0.6 is 11.8 Å². The van der Waals surface area contributed by atoms with E-state index in [1.807, 2.05) is 13.0 Å². The van der Waals surface area contributed by atoms with Gasteiger partial charge >= 0.3 is 0 Å². The van der Waals surface area contributed by atoms with Gasteiger partial charge in [-0.1, -0.05) is 49.6 Å². The first-order valence-electron chi connectivity index (χ1n) is 4.38. The predicted octanol–water partition coefficient (Wildman–Crippen LogP) is 3.34. The summed E-state index contributed by atoms with van der Waals surface area (Å²) in [7, 11) is 0. The Bertz CT molecular complexity index is 226. The van der Waals surface area contributed by atoms with Gasteiger partial charge in [0.05, 0.1) is 0 Å². The van der Waals surface area contributed by atoms with Gasteiger partial charge in [0, 0.05) is 11.3 Å². The van der Waals surface area contributed by atoms with Crippen molar-refractivity contribution in [1.29, 1.82) is 0 Å². The monoisotopic (exact) mass is 196 g/mol. The smallest absolute Gasteiger partial charge is 0.219 e. The highest BCUT2D eigenvalue weighted by molar-refractivity contribution is 8.14. The Morgan fingerprint density at radius 3 is 2.69 bits per heavy atom. The van der Waals surface area contributed by atoms with Crippen LogP contribution in [0.15, 0.2) is 36.5 Å². The quantitative estimate of drug-likeness (QED) is 0.495. The molecule has 0 bridgehead atoms. The van der Waals surface area contributed by atoms with Crippen LogP contribution in [0.4, 0.5) is 0 Å². The maximum absolute atomic E-state index is 11.4. The van der Waals surface area contributed by atoms with Crippen LogP contribution in [-0.2, 0) is 4.79 Å². The molecule has 0 heterocycles. The fraction of sp³-hybridized carbons (Fsp3) is 0.364. The van der Waals surface area contributed by atoms with Gasteiger partial charge in [0.15, 0.2) is 0 Å². The summed E-state index contributed by atoms with van der Waals surface area (Å²) in [6.07, 6.45) is 8.09. The molecule has 2 heteroatoms. The normalized spacial score (nSPS) is 12.0. The molecule has 0 aromatic carbocycles. The second kappa shape index (κ2) is 7.87. The van der Waals surface area contributed by atoms with Crippen molar-refractivity contribution in [2.24, 2.45) is 0 Å². The summed E-state index contributed by atoms with van der Waals surface area (Å²) in [4.78, 5) is 11.4. The van der Waals surface area contributed by atoms with Crippen LogP contribution < -0.4 is 0 Å². The van der Waals surface area contributed by atoms with E-state index in [2.05, 4.69) is 13.5 Å². The number of hydrogen-bond donors (Lipinski definition) is 0. The molecule has 0 aliphatic rings. The molecule has 0 aliphatic carbocycles. The number of carbonyl (C=O) groups excluding carboxylic acids is 1. The predicted molar refractivity (Wildman–Crippen MR) is 60.9 cm³/mol. The average molecular weight is 196 g/mol. The molecule has 0 unspecified atom stereocenters. The van der Waals surface area contributed by atoms with Crippen molar-refractivity contribution in [1.82, 2.24) is 0 Å². The second-order valence-electron chi connectivity index (χ2n) is 2.47. The molecule has 0 rings (SSSR count). The molecule has 72 valence electrons. The lowest BCUT2D eigenvalue weighted by molar-refractivity contribution is -0.107. The molecular weight excluding hydrogens is 180 g/mol. The summed E-state index contributed by atoms with van der Waals surface area (Å²) >= 11 is 1.37. The number of allylic oxidation sites excluding steroid dienone is 4. The largest absolute Gasteiger partial charge is 0.282 e. The van der Waals surface area contributed by atoms with Gasteiger partial charge in [-0.05, 0) is 13.3 Å². The third-order valence-electron chi connectivity index (χ3n) is 1.40. The van der Waals surface area contributed by atoms with E-state index in [1.54, 1.807) is 18.2 Å². The third-order valence-corrected chi connectivity index (χ3v) is 2.51. The van der Waals surface area contributed by atoms with Crippen molar-refractivity contribution in [2.75, 3.05) is 5.75 Å². The lowest BCUT2D eigenvalue weighted by atomic mass is 10.2. The first kappa shape index (κ1) is 12.2. The summed E-state index contributed by atoms with van der Waals surface area (Å²) in [5.41, 5.74) is 0.748. The highest BCUT2D eigenvalue weighted by atomic mass is 32.2. The highest BCUT2D eigenvalue weighted by Crippen LogP contribution is 2.12. The fourth-order valence-electron chi connectivity index (χ4n) is 0.732. The molecule has 0 atom stereocenters. The van der Waals surface area contributed by atoms with Crippen molar-refractivity contribution in [3.8, 4) is 0 Å². The van der Waals surface area contributed by atoms with Gasteiger partial charge in [0.1, 0.15) is 0 Å². The molecule has 0 spiro atoms. The van der Waals surface area contributed by atoms with E-state index >= 15 is 0 Å². The van der Waals surface area contributed by atoms with Crippen LogP contribution in [0.2, 0.25) is 0 Å². The maximum Gasteiger partial charge on any atom is 0.219 e. The third kappa shape index (κ3) is 5.47. The van der Waals surface area contributed by atoms with Gasteiger partial charge in [-0.15, -0.1) is 0 Å². The average Bonchev–Trinajstić information content (AvgIpc) is 2.16. The van der Waals surface area contributed by atoms with E-state index in [1.165, 1.54) is 11.8 Å². The first-order chi connectivity index (χ1) is 6.26. The molecule has 0 amide bonds. The van der Waals surface area contributed by atoms with Crippen molar-refractivity contribution < 1.29 is 4.79 Å². The Labute approximate surface area is 84.6 Å². The van der Waals surface area contributed by atoms with Gasteiger partial charge < -0.3 is 0 Å². The zero-order valence-corrected chi connectivity index (χ0v) is 9.06. The van der Waals surface area contributed by atoms with Gasteiger partial charge in [0.25, 0.3) is 0 Å². The topological polar surface area (TPSA) is 17.1 Å². The second-order valence-corrected chi connectivity index (χ2v) is 3.54. The van der Waals surface area contributed by atoms with E-state index in [4.69, 9.17) is 0 Å². The van der Waals surface area contributed by atoms with E-state index in [-0.39, 0.29) is 5.12 Å². The Balaban J connectivity index is 4.17. The zero-order valence-electron chi connectivity index (χ0n) is 8.25. The Morgan fingerprint density at radius 2 is 2.23 bits per heavy atom. The van der Waals surface area contributed by atoms with Gasteiger partial charge in [-0.2, -0.15) is 0 Å². The molecule has 0 aliphatic heterocycles. The van der Waals surface area contributed by atoms with E-state index in [0.717, 1.165) is 17.7 Å². The molecule has 0 aromatic heterocycles. The lowest BCUT2D eigenvalue weighted by Crippen LogP contribution is -1.95. The standard InChI is InChI=1S/C11H16OS/c1-4-7-8-10(6-3)11(12)13-9-5-2/h4,6-8H,1,5,9H2,2-3H3/b8-7-,10-6+. The molecule has 0 fully saturated rings. The summed E-state index contributed by atoms with van der Waals surface area (Å²) in [6, 6.07) is 0. The number of rotatable bonds is 5. The molecule has 0 aromatic rings. The van der Waals surface area contributed by atoms with Crippen LogP contribution in [0.1, 0.15) is 20.3 Å². The van der Waals surface area contributed by atoms with Crippen LogP contribution in [-0.4, -0.2) is 10.9 Å². The molecule has 0 N–H and O–H groups in total. The first-order valence-corrected chi connectivity index (χ1v) is 5.37. The Hall–Kier alpha value is -0.760. The molecule has 0 saturated carbocycles. The minimum Gasteiger partial charge on any atom is -0.282 e. The van der Waals surface area contributed by atoms with Crippen molar-refractivity contribution >= 4 is 16.9 Å². The fourth-order valence-corrected chi connectivity index (χ4v) is 1.47. The highest BCUT2D eigenvalue weighted by Gasteiger charge is 2.04. The molecule has 13 heavy (non-hydrogen) atoms. The van der Waals surface area contributed by atoms with Crippen molar-refractivity contribution in [2.45, 2.75) is 20.3 Å².